The number of rotatable bonds is 5. The zero-order valence-electron chi connectivity index (χ0n) is 17.5. The lowest BCUT2D eigenvalue weighted by Gasteiger charge is -2.37. The Labute approximate surface area is 184 Å². The molecule has 1 aliphatic rings. The van der Waals surface area contributed by atoms with Crippen LogP contribution in [0.2, 0.25) is 0 Å². The fourth-order valence-electron chi connectivity index (χ4n) is 4.07. The van der Waals surface area contributed by atoms with Gasteiger partial charge in [0.1, 0.15) is 17.9 Å². The number of para-hydroxylation sites is 1. The number of nitrogens with zero attached hydrogens (tertiary/aromatic N) is 6. The third-order valence-electron chi connectivity index (χ3n) is 5.69. The number of anilines is 2. The summed E-state index contributed by atoms with van der Waals surface area (Å²) >= 11 is 0. The van der Waals surface area contributed by atoms with E-state index in [1.54, 1.807) is 31.6 Å². The van der Waals surface area contributed by atoms with Gasteiger partial charge in [0.15, 0.2) is 5.65 Å². The van der Waals surface area contributed by atoms with Crippen molar-refractivity contribution in [2.75, 3.05) is 43.1 Å². The number of aromatic nitrogens is 4. The third kappa shape index (κ3) is 3.47. The first kappa shape index (κ1) is 19.8. The lowest BCUT2D eigenvalue weighted by Crippen LogP contribution is -2.47. The van der Waals surface area contributed by atoms with E-state index in [-0.39, 0.29) is 5.56 Å². The van der Waals surface area contributed by atoms with Gasteiger partial charge >= 0.3 is 5.97 Å². The molecule has 1 N–H and O–H groups in total. The second-order valence-corrected chi connectivity index (χ2v) is 7.49. The molecule has 1 saturated heterocycles. The van der Waals surface area contributed by atoms with Gasteiger partial charge in [-0.25, -0.2) is 19.4 Å². The van der Waals surface area contributed by atoms with E-state index in [4.69, 9.17) is 4.74 Å². The molecule has 5 rings (SSSR count). The van der Waals surface area contributed by atoms with E-state index < -0.39 is 5.97 Å². The largest absolute Gasteiger partial charge is 0.495 e. The fourth-order valence-corrected chi connectivity index (χ4v) is 4.07. The maximum atomic E-state index is 11.4. The van der Waals surface area contributed by atoms with Crippen molar-refractivity contribution in [3.05, 3.63) is 66.6 Å². The van der Waals surface area contributed by atoms with Crippen molar-refractivity contribution in [3.8, 4) is 11.4 Å². The summed E-state index contributed by atoms with van der Waals surface area (Å²) in [5.41, 5.74) is 2.74. The molecule has 3 heterocycles. The molecule has 0 unspecified atom stereocenters. The standard InChI is InChI=1S/C23H22N6O3/c1-32-20-8-7-16(23(30)31)13-19(20)27-9-11-28(12-10-27)21-18-14-26-29(22(18)25-15-24-21)17-5-3-2-4-6-17/h2-8,13-15H,9-12H2,1H3,(H,30,31). The van der Waals surface area contributed by atoms with Crippen molar-refractivity contribution in [2.24, 2.45) is 0 Å². The van der Waals surface area contributed by atoms with E-state index in [2.05, 4.69) is 24.9 Å². The van der Waals surface area contributed by atoms with Crippen LogP contribution in [0, 0.1) is 0 Å². The van der Waals surface area contributed by atoms with Crippen LogP contribution in [0.25, 0.3) is 16.7 Å². The van der Waals surface area contributed by atoms with Crippen LogP contribution in [0.4, 0.5) is 11.5 Å². The highest BCUT2D eigenvalue weighted by atomic mass is 16.5. The van der Waals surface area contributed by atoms with Crippen molar-refractivity contribution >= 4 is 28.5 Å². The number of piperazine rings is 1. The summed E-state index contributed by atoms with van der Waals surface area (Å²) < 4.78 is 7.29. The number of carboxylic acid groups (broad SMARTS) is 1. The first-order valence-corrected chi connectivity index (χ1v) is 10.3. The highest BCUT2D eigenvalue weighted by molar-refractivity contribution is 5.90. The fraction of sp³-hybridized carbons (Fsp3) is 0.217. The van der Waals surface area contributed by atoms with Crippen LogP contribution in [0.1, 0.15) is 10.4 Å². The first-order chi connectivity index (χ1) is 15.7. The van der Waals surface area contributed by atoms with Crippen molar-refractivity contribution in [3.63, 3.8) is 0 Å². The molecule has 0 bridgehead atoms. The smallest absolute Gasteiger partial charge is 0.335 e. The first-order valence-electron chi connectivity index (χ1n) is 10.3. The third-order valence-corrected chi connectivity index (χ3v) is 5.69. The second-order valence-electron chi connectivity index (χ2n) is 7.49. The van der Waals surface area contributed by atoms with Crippen molar-refractivity contribution in [1.29, 1.82) is 0 Å². The van der Waals surface area contributed by atoms with Crippen LogP contribution in [-0.4, -0.2) is 64.1 Å². The van der Waals surface area contributed by atoms with Crippen molar-refractivity contribution in [2.45, 2.75) is 0 Å². The Balaban J connectivity index is 1.40. The van der Waals surface area contributed by atoms with E-state index in [1.165, 1.54) is 0 Å². The quantitative estimate of drug-likeness (QED) is 0.516. The van der Waals surface area contributed by atoms with Gasteiger partial charge in [-0.3, -0.25) is 0 Å². The second kappa shape index (κ2) is 8.18. The molecule has 0 radical (unpaired) electrons. The number of ether oxygens (including phenoxy) is 1. The zero-order valence-corrected chi connectivity index (χ0v) is 17.5. The summed E-state index contributed by atoms with van der Waals surface area (Å²) in [7, 11) is 1.59. The predicted molar refractivity (Wildman–Crippen MR) is 121 cm³/mol. The van der Waals surface area contributed by atoms with Gasteiger partial charge in [0.05, 0.1) is 35.6 Å². The number of aromatic carboxylic acids is 1. The highest BCUT2D eigenvalue weighted by Gasteiger charge is 2.24. The normalized spacial score (nSPS) is 14.0. The van der Waals surface area contributed by atoms with Gasteiger partial charge in [-0.1, -0.05) is 18.2 Å². The zero-order chi connectivity index (χ0) is 22.1. The Morgan fingerprint density at radius 3 is 2.47 bits per heavy atom. The van der Waals surface area contributed by atoms with E-state index in [1.807, 2.05) is 41.2 Å². The number of hydrogen-bond donors (Lipinski definition) is 1. The molecule has 9 heteroatoms. The van der Waals surface area contributed by atoms with Crippen LogP contribution in [-0.2, 0) is 0 Å². The minimum absolute atomic E-state index is 0.245. The maximum Gasteiger partial charge on any atom is 0.335 e. The van der Waals surface area contributed by atoms with Gasteiger partial charge in [0.25, 0.3) is 0 Å². The number of fused-ring (bicyclic) bond motifs is 1. The van der Waals surface area contributed by atoms with Gasteiger partial charge < -0.3 is 19.6 Å². The molecule has 0 saturated carbocycles. The average Bonchev–Trinajstić information content (AvgIpc) is 3.28. The molecule has 4 aromatic rings. The number of methoxy groups -OCH3 is 1. The molecule has 32 heavy (non-hydrogen) atoms. The van der Waals surface area contributed by atoms with Crippen LogP contribution < -0.4 is 14.5 Å². The molecule has 0 spiro atoms. The molecular formula is C23H22N6O3. The van der Waals surface area contributed by atoms with Crippen molar-refractivity contribution < 1.29 is 14.6 Å². The van der Waals surface area contributed by atoms with E-state index in [0.717, 1.165) is 41.3 Å². The molecule has 1 aliphatic heterocycles. The number of benzene rings is 2. The van der Waals surface area contributed by atoms with E-state index in [9.17, 15) is 9.90 Å². The van der Waals surface area contributed by atoms with E-state index in [0.29, 0.717) is 18.8 Å². The Morgan fingerprint density at radius 2 is 1.75 bits per heavy atom. The Hall–Kier alpha value is -4.14. The van der Waals surface area contributed by atoms with Crippen LogP contribution >= 0.6 is 0 Å². The van der Waals surface area contributed by atoms with Crippen LogP contribution in [0.5, 0.6) is 5.75 Å². The summed E-state index contributed by atoms with van der Waals surface area (Å²) in [4.78, 5) is 24.8. The lowest BCUT2D eigenvalue weighted by molar-refractivity contribution is 0.0697. The summed E-state index contributed by atoms with van der Waals surface area (Å²) in [5.74, 6) is 0.562. The number of carbonyl (C=O) groups is 1. The maximum absolute atomic E-state index is 11.4. The summed E-state index contributed by atoms with van der Waals surface area (Å²) in [6, 6.07) is 14.8. The molecule has 2 aromatic heterocycles. The molecule has 162 valence electrons. The predicted octanol–water partition coefficient (Wildman–Crippen LogP) is 2.85. The molecule has 2 aromatic carbocycles. The summed E-state index contributed by atoms with van der Waals surface area (Å²) in [5, 5.41) is 14.8. The molecule has 0 amide bonds. The van der Waals surface area contributed by atoms with Gasteiger partial charge in [-0.2, -0.15) is 5.10 Å². The summed E-state index contributed by atoms with van der Waals surface area (Å²) in [6.45, 7) is 2.86. The minimum Gasteiger partial charge on any atom is -0.495 e. The Bertz CT molecular complexity index is 1270. The van der Waals surface area contributed by atoms with Crippen molar-refractivity contribution in [1.82, 2.24) is 19.7 Å². The van der Waals surface area contributed by atoms with Gasteiger partial charge in [-0.05, 0) is 30.3 Å². The van der Waals surface area contributed by atoms with Crippen LogP contribution in [0.3, 0.4) is 0 Å². The van der Waals surface area contributed by atoms with E-state index >= 15 is 0 Å². The topological polar surface area (TPSA) is 96.6 Å². The van der Waals surface area contributed by atoms with Gasteiger partial charge in [0.2, 0.25) is 0 Å². The van der Waals surface area contributed by atoms with Crippen LogP contribution in [0.15, 0.2) is 61.1 Å². The average molecular weight is 430 g/mol. The molecule has 0 aliphatic carbocycles. The molecular weight excluding hydrogens is 408 g/mol. The number of carboxylic acids is 1. The number of hydrogen-bond acceptors (Lipinski definition) is 7. The lowest BCUT2D eigenvalue weighted by atomic mass is 10.1. The molecule has 0 atom stereocenters. The minimum atomic E-state index is -0.952. The Kier molecular flexibility index (Phi) is 5.06. The Morgan fingerprint density at radius 1 is 1.00 bits per heavy atom. The molecule has 1 fully saturated rings. The monoisotopic (exact) mass is 430 g/mol. The van der Waals surface area contributed by atoms with Gasteiger partial charge in [0, 0.05) is 26.2 Å². The van der Waals surface area contributed by atoms with Gasteiger partial charge in [-0.15, -0.1) is 0 Å². The summed E-state index contributed by atoms with van der Waals surface area (Å²) in [6.07, 6.45) is 3.38. The molecule has 9 nitrogen and oxygen atoms in total. The SMILES string of the molecule is COc1ccc(C(=O)O)cc1N1CCN(c2ncnc3c2cnn3-c2ccccc2)CC1. The highest BCUT2D eigenvalue weighted by Crippen LogP contribution is 2.32.